The van der Waals surface area contributed by atoms with E-state index in [4.69, 9.17) is 0 Å². The first-order valence-electron chi connectivity index (χ1n) is 12.2. The summed E-state index contributed by atoms with van der Waals surface area (Å²) in [6.45, 7) is 0. The lowest BCUT2D eigenvalue weighted by Crippen LogP contribution is -2.55. The standard InChI is InChI=1S/C30H31N/c1-31(2)28-13-6-4-8-23(28)24-10-7-12-27-29(24)25-9-3-5-11-26(25)30(27)21-15-19-14-20(17-21)18-22(30)16-19/h3-13,19-22H,14-18H2,1-2H3. The quantitative estimate of drug-likeness (QED) is 0.438. The molecule has 1 spiro atoms. The van der Waals surface area contributed by atoms with Gasteiger partial charge in [-0.15, -0.1) is 0 Å². The maximum atomic E-state index is 2.50. The molecule has 0 unspecified atom stereocenters. The van der Waals surface area contributed by atoms with Gasteiger partial charge in [0, 0.05) is 30.8 Å². The minimum atomic E-state index is 0.252. The third kappa shape index (κ3) is 2.22. The van der Waals surface area contributed by atoms with Gasteiger partial charge in [0.1, 0.15) is 0 Å². The number of rotatable bonds is 2. The zero-order valence-corrected chi connectivity index (χ0v) is 18.6. The Labute approximate surface area is 186 Å². The van der Waals surface area contributed by atoms with Crippen LogP contribution >= 0.6 is 0 Å². The Morgan fingerprint density at radius 2 is 1.19 bits per heavy atom. The number of hydrogen-bond acceptors (Lipinski definition) is 1. The molecular weight excluding hydrogens is 374 g/mol. The molecule has 4 saturated carbocycles. The van der Waals surface area contributed by atoms with Crippen LogP contribution in [-0.2, 0) is 5.41 Å². The first kappa shape index (κ1) is 18.1. The molecule has 1 nitrogen and oxygen atoms in total. The molecule has 8 rings (SSSR count). The summed E-state index contributed by atoms with van der Waals surface area (Å²) in [5, 5.41) is 0. The van der Waals surface area contributed by atoms with Crippen molar-refractivity contribution >= 4 is 5.69 Å². The highest BCUT2D eigenvalue weighted by molar-refractivity contribution is 5.96. The van der Waals surface area contributed by atoms with Crippen molar-refractivity contribution in [2.75, 3.05) is 19.0 Å². The molecular formula is C30H31N. The van der Waals surface area contributed by atoms with Crippen molar-refractivity contribution in [1.82, 2.24) is 0 Å². The van der Waals surface area contributed by atoms with Gasteiger partial charge < -0.3 is 4.90 Å². The SMILES string of the molecule is CN(C)c1ccccc1-c1cccc2c1-c1ccccc1C21C2CC3CC(C2)CC1C3. The molecule has 0 heterocycles. The van der Waals surface area contributed by atoms with Gasteiger partial charge in [-0.3, -0.25) is 0 Å². The van der Waals surface area contributed by atoms with Crippen LogP contribution in [-0.4, -0.2) is 14.1 Å². The second kappa shape index (κ2) is 6.25. The molecule has 4 fully saturated rings. The first-order valence-corrected chi connectivity index (χ1v) is 12.2. The number of nitrogens with zero attached hydrogens (tertiary/aromatic N) is 1. The molecule has 0 aromatic heterocycles. The van der Waals surface area contributed by atoms with Crippen LogP contribution in [0.2, 0.25) is 0 Å². The summed E-state index contributed by atoms with van der Waals surface area (Å²) in [6.07, 6.45) is 7.28. The van der Waals surface area contributed by atoms with E-state index in [1.165, 1.54) is 60.0 Å². The maximum absolute atomic E-state index is 2.50. The number of hydrogen-bond donors (Lipinski definition) is 0. The van der Waals surface area contributed by atoms with Crippen LogP contribution in [0.25, 0.3) is 22.3 Å². The van der Waals surface area contributed by atoms with Crippen molar-refractivity contribution in [3.8, 4) is 22.3 Å². The molecule has 1 heteroatoms. The van der Waals surface area contributed by atoms with Crippen molar-refractivity contribution < 1.29 is 0 Å². The zero-order chi connectivity index (χ0) is 20.7. The highest BCUT2D eigenvalue weighted by atomic mass is 15.1. The Bertz CT molecular complexity index is 1160. The zero-order valence-electron chi connectivity index (χ0n) is 18.6. The van der Waals surface area contributed by atoms with E-state index in [0.717, 1.165) is 23.7 Å². The van der Waals surface area contributed by atoms with Crippen LogP contribution in [0.4, 0.5) is 5.69 Å². The number of fused-ring (bicyclic) bond motifs is 3. The second-order valence-corrected chi connectivity index (χ2v) is 10.9. The van der Waals surface area contributed by atoms with Gasteiger partial charge in [0.25, 0.3) is 0 Å². The predicted octanol–water partition coefficient (Wildman–Crippen LogP) is 7.14. The Kier molecular flexibility index (Phi) is 3.64. The van der Waals surface area contributed by atoms with Gasteiger partial charge in [-0.05, 0) is 89.7 Å². The summed E-state index contributed by atoms with van der Waals surface area (Å²) in [4.78, 5) is 2.26. The van der Waals surface area contributed by atoms with E-state index in [-0.39, 0.29) is 5.41 Å². The molecule has 31 heavy (non-hydrogen) atoms. The Morgan fingerprint density at radius 1 is 0.613 bits per heavy atom. The molecule has 5 aliphatic carbocycles. The Morgan fingerprint density at radius 3 is 1.90 bits per heavy atom. The summed E-state index contributed by atoms with van der Waals surface area (Å²) in [7, 11) is 4.32. The minimum Gasteiger partial charge on any atom is -0.377 e. The van der Waals surface area contributed by atoms with Crippen molar-refractivity contribution in [2.24, 2.45) is 23.7 Å². The van der Waals surface area contributed by atoms with Gasteiger partial charge in [0.2, 0.25) is 0 Å². The monoisotopic (exact) mass is 405 g/mol. The van der Waals surface area contributed by atoms with E-state index in [0.29, 0.717) is 0 Å². The largest absolute Gasteiger partial charge is 0.377 e. The van der Waals surface area contributed by atoms with Crippen molar-refractivity contribution in [1.29, 1.82) is 0 Å². The summed E-state index contributed by atoms with van der Waals surface area (Å²) in [6, 6.07) is 25.6. The molecule has 0 amide bonds. The Hall–Kier alpha value is -2.54. The average Bonchev–Trinajstić information content (AvgIpc) is 3.08. The van der Waals surface area contributed by atoms with Crippen LogP contribution < -0.4 is 4.90 Å². The molecule has 3 aromatic rings. The van der Waals surface area contributed by atoms with Crippen LogP contribution in [0.3, 0.4) is 0 Å². The second-order valence-electron chi connectivity index (χ2n) is 10.9. The van der Waals surface area contributed by atoms with Crippen LogP contribution in [0.15, 0.2) is 66.7 Å². The maximum Gasteiger partial charge on any atom is 0.0440 e. The lowest BCUT2D eigenvalue weighted by molar-refractivity contribution is -0.0399. The molecule has 0 atom stereocenters. The molecule has 0 N–H and O–H groups in total. The van der Waals surface area contributed by atoms with E-state index in [2.05, 4.69) is 85.7 Å². The third-order valence-corrected chi connectivity index (χ3v) is 9.25. The number of benzene rings is 3. The van der Waals surface area contributed by atoms with Crippen molar-refractivity contribution in [3.05, 3.63) is 77.9 Å². The molecule has 0 radical (unpaired) electrons. The van der Waals surface area contributed by atoms with Crippen LogP contribution in [0, 0.1) is 23.7 Å². The van der Waals surface area contributed by atoms with Gasteiger partial charge in [0.05, 0.1) is 0 Å². The summed E-state index contributed by atoms with van der Waals surface area (Å²) < 4.78 is 0. The van der Waals surface area contributed by atoms with Crippen molar-refractivity contribution in [3.63, 3.8) is 0 Å². The topological polar surface area (TPSA) is 3.24 Å². The number of para-hydroxylation sites is 1. The molecule has 0 aliphatic heterocycles. The third-order valence-electron chi connectivity index (χ3n) is 9.25. The van der Waals surface area contributed by atoms with Gasteiger partial charge in [-0.1, -0.05) is 60.7 Å². The number of anilines is 1. The van der Waals surface area contributed by atoms with Gasteiger partial charge >= 0.3 is 0 Å². The predicted molar refractivity (Wildman–Crippen MR) is 129 cm³/mol. The smallest absolute Gasteiger partial charge is 0.0440 e. The summed E-state index contributed by atoms with van der Waals surface area (Å²) in [5.41, 5.74) is 10.7. The van der Waals surface area contributed by atoms with E-state index < -0.39 is 0 Å². The van der Waals surface area contributed by atoms with Crippen LogP contribution in [0.1, 0.15) is 43.2 Å². The molecule has 3 aromatic carbocycles. The molecule has 5 aliphatic rings. The molecule has 4 bridgehead atoms. The molecule has 0 saturated heterocycles. The van der Waals surface area contributed by atoms with E-state index >= 15 is 0 Å². The summed E-state index contributed by atoms with van der Waals surface area (Å²) >= 11 is 0. The highest BCUT2D eigenvalue weighted by Gasteiger charge is 2.61. The van der Waals surface area contributed by atoms with Gasteiger partial charge in [-0.2, -0.15) is 0 Å². The lowest BCUT2D eigenvalue weighted by atomic mass is 9.43. The highest BCUT2D eigenvalue weighted by Crippen LogP contribution is 2.70. The lowest BCUT2D eigenvalue weighted by Gasteiger charge is -2.61. The van der Waals surface area contributed by atoms with Crippen LogP contribution in [0.5, 0.6) is 0 Å². The molecule has 156 valence electrons. The normalized spacial score (nSPS) is 31.7. The van der Waals surface area contributed by atoms with Gasteiger partial charge in [-0.25, -0.2) is 0 Å². The van der Waals surface area contributed by atoms with E-state index in [1.807, 2.05) is 0 Å². The van der Waals surface area contributed by atoms with E-state index in [9.17, 15) is 0 Å². The minimum absolute atomic E-state index is 0.252. The Balaban J connectivity index is 1.53. The fourth-order valence-corrected chi connectivity index (χ4v) is 8.52. The average molecular weight is 406 g/mol. The first-order chi connectivity index (χ1) is 15.2. The van der Waals surface area contributed by atoms with E-state index in [1.54, 1.807) is 11.1 Å². The van der Waals surface area contributed by atoms with Gasteiger partial charge in [0.15, 0.2) is 0 Å². The fourth-order valence-electron chi connectivity index (χ4n) is 8.52. The summed E-state index contributed by atoms with van der Waals surface area (Å²) in [5.74, 6) is 3.62. The van der Waals surface area contributed by atoms with Crippen molar-refractivity contribution in [2.45, 2.75) is 37.5 Å². The fraction of sp³-hybridized carbons (Fsp3) is 0.400.